The summed E-state index contributed by atoms with van der Waals surface area (Å²) in [4.78, 5) is 12.7. The van der Waals surface area contributed by atoms with E-state index in [1.54, 1.807) is 37.3 Å². The Morgan fingerprint density at radius 2 is 1.93 bits per heavy atom. The first-order valence-electron chi connectivity index (χ1n) is 9.07. The van der Waals surface area contributed by atoms with Crippen LogP contribution in [0, 0.1) is 13.8 Å². The summed E-state index contributed by atoms with van der Waals surface area (Å²) in [6.07, 6.45) is 1.93. The molecule has 1 amide bonds. The molecule has 1 aliphatic heterocycles. The molecule has 3 rings (SSSR count). The lowest BCUT2D eigenvalue weighted by atomic mass is 10.1. The first-order valence-corrected chi connectivity index (χ1v) is 10.6. The van der Waals surface area contributed by atoms with Gasteiger partial charge in [-0.1, -0.05) is 18.2 Å². The minimum absolute atomic E-state index is 0. The van der Waals surface area contributed by atoms with Crippen molar-refractivity contribution in [1.82, 2.24) is 10.6 Å². The van der Waals surface area contributed by atoms with Crippen LogP contribution in [0.5, 0.6) is 0 Å². The van der Waals surface area contributed by atoms with Crippen LogP contribution in [-0.2, 0) is 10.0 Å². The molecule has 1 saturated heterocycles. The highest BCUT2D eigenvalue weighted by molar-refractivity contribution is 7.92. The van der Waals surface area contributed by atoms with Gasteiger partial charge in [0, 0.05) is 23.8 Å². The predicted molar refractivity (Wildman–Crippen MR) is 114 cm³/mol. The van der Waals surface area contributed by atoms with Gasteiger partial charge in [0.05, 0.1) is 4.90 Å². The average Bonchev–Trinajstić information content (AvgIpc) is 2.62. The van der Waals surface area contributed by atoms with Gasteiger partial charge >= 0.3 is 0 Å². The van der Waals surface area contributed by atoms with Gasteiger partial charge in [0.25, 0.3) is 15.9 Å². The Balaban J connectivity index is 0.00000280. The summed E-state index contributed by atoms with van der Waals surface area (Å²) in [5.74, 6) is -0.254. The summed E-state index contributed by atoms with van der Waals surface area (Å²) >= 11 is 0. The molecule has 1 fully saturated rings. The van der Waals surface area contributed by atoms with Crippen molar-refractivity contribution in [1.29, 1.82) is 0 Å². The van der Waals surface area contributed by atoms with E-state index in [-0.39, 0.29) is 29.3 Å². The summed E-state index contributed by atoms with van der Waals surface area (Å²) in [6.45, 7) is 5.31. The van der Waals surface area contributed by atoms with Crippen molar-refractivity contribution in [3.8, 4) is 0 Å². The van der Waals surface area contributed by atoms with Crippen molar-refractivity contribution in [3.05, 3.63) is 59.2 Å². The Bertz CT molecular complexity index is 941. The molecular weight excluding hydrogens is 398 g/mol. The first-order chi connectivity index (χ1) is 12.8. The number of sulfonamides is 1. The summed E-state index contributed by atoms with van der Waals surface area (Å²) in [5, 5.41) is 6.22. The minimum Gasteiger partial charge on any atom is -0.348 e. The van der Waals surface area contributed by atoms with Gasteiger partial charge in [0.2, 0.25) is 0 Å². The molecule has 1 aliphatic rings. The largest absolute Gasteiger partial charge is 0.348 e. The quantitative estimate of drug-likeness (QED) is 0.689. The molecule has 3 N–H and O–H groups in total. The maximum Gasteiger partial charge on any atom is 0.262 e. The molecule has 2 aromatic rings. The van der Waals surface area contributed by atoms with Crippen LogP contribution in [0.2, 0.25) is 0 Å². The molecule has 0 unspecified atom stereocenters. The van der Waals surface area contributed by atoms with Crippen LogP contribution in [0.3, 0.4) is 0 Å². The lowest BCUT2D eigenvalue weighted by molar-refractivity contribution is 0.0930. The fraction of sp³-hybridized carbons (Fsp3) is 0.350. The lowest BCUT2D eigenvalue weighted by Gasteiger charge is -2.24. The number of hydrogen-bond donors (Lipinski definition) is 3. The maximum absolute atomic E-state index is 12.8. The summed E-state index contributed by atoms with van der Waals surface area (Å²) in [5.41, 5.74) is 2.39. The third kappa shape index (κ3) is 5.47. The molecule has 0 radical (unpaired) electrons. The summed E-state index contributed by atoms with van der Waals surface area (Å²) in [7, 11) is -3.79. The summed E-state index contributed by atoms with van der Waals surface area (Å²) in [6, 6.07) is 12.0. The number of nitrogens with one attached hydrogen (secondary N) is 3. The van der Waals surface area contributed by atoms with E-state index in [1.165, 1.54) is 6.07 Å². The Labute approximate surface area is 172 Å². The van der Waals surface area contributed by atoms with Crippen LogP contribution < -0.4 is 15.4 Å². The van der Waals surface area contributed by atoms with Crippen LogP contribution in [0.4, 0.5) is 5.69 Å². The zero-order valence-electron chi connectivity index (χ0n) is 16.0. The van der Waals surface area contributed by atoms with Crippen LogP contribution in [0.15, 0.2) is 47.4 Å². The molecule has 28 heavy (non-hydrogen) atoms. The second kappa shape index (κ2) is 9.41. The minimum atomic E-state index is -3.79. The van der Waals surface area contributed by atoms with E-state index in [2.05, 4.69) is 15.4 Å². The van der Waals surface area contributed by atoms with E-state index in [4.69, 9.17) is 0 Å². The highest BCUT2D eigenvalue weighted by Gasteiger charge is 2.21. The van der Waals surface area contributed by atoms with Gasteiger partial charge in [-0.15, -0.1) is 12.4 Å². The monoisotopic (exact) mass is 423 g/mol. The topological polar surface area (TPSA) is 87.3 Å². The number of piperidine rings is 1. The molecule has 0 aromatic heterocycles. The number of hydrogen-bond acceptors (Lipinski definition) is 4. The van der Waals surface area contributed by atoms with Crippen LogP contribution in [-0.4, -0.2) is 33.5 Å². The van der Waals surface area contributed by atoms with E-state index < -0.39 is 10.0 Å². The van der Waals surface area contributed by atoms with Gasteiger partial charge in [0.15, 0.2) is 0 Å². The van der Waals surface area contributed by atoms with E-state index in [0.717, 1.165) is 31.5 Å². The third-order valence-electron chi connectivity index (χ3n) is 4.64. The van der Waals surface area contributed by atoms with Gasteiger partial charge in [-0.3, -0.25) is 9.52 Å². The number of aryl methyl sites for hydroxylation is 2. The lowest BCUT2D eigenvalue weighted by Crippen LogP contribution is -2.45. The number of anilines is 1. The van der Waals surface area contributed by atoms with E-state index in [1.807, 2.05) is 13.0 Å². The number of rotatable bonds is 5. The van der Waals surface area contributed by atoms with Crippen molar-refractivity contribution in [2.45, 2.75) is 37.6 Å². The first kappa shape index (κ1) is 22.2. The average molecular weight is 424 g/mol. The normalized spacial score (nSPS) is 16.7. The second-order valence-electron chi connectivity index (χ2n) is 6.97. The predicted octanol–water partition coefficient (Wildman–Crippen LogP) is 3.01. The highest BCUT2D eigenvalue weighted by atomic mass is 35.5. The molecule has 0 saturated carbocycles. The summed E-state index contributed by atoms with van der Waals surface area (Å²) < 4.78 is 28.3. The molecule has 1 heterocycles. The number of carbonyl (C=O) groups excluding carboxylic acids is 1. The number of benzene rings is 2. The van der Waals surface area contributed by atoms with Gasteiger partial charge in [-0.2, -0.15) is 0 Å². The molecular formula is C20H26ClN3O3S. The van der Waals surface area contributed by atoms with Gasteiger partial charge in [-0.25, -0.2) is 8.42 Å². The Hall–Kier alpha value is -2.09. The van der Waals surface area contributed by atoms with E-state index >= 15 is 0 Å². The Kier molecular flexibility index (Phi) is 7.46. The Morgan fingerprint density at radius 1 is 1.14 bits per heavy atom. The molecule has 0 bridgehead atoms. The molecule has 0 spiro atoms. The third-order valence-corrected chi connectivity index (χ3v) is 6.17. The maximum atomic E-state index is 12.8. The number of carbonyl (C=O) groups is 1. The van der Waals surface area contributed by atoms with Crippen molar-refractivity contribution in [2.24, 2.45) is 0 Å². The van der Waals surface area contributed by atoms with E-state index in [9.17, 15) is 13.2 Å². The van der Waals surface area contributed by atoms with Gasteiger partial charge < -0.3 is 10.6 Å². The molecule has 6 nitrogen and oxygen atoms in total. The smallest absolute Gasteiger partial charge is 0.262 e. The molecule has 1 atom stereocenters. The molecule has 8 heteroatoms. The SMILES string of the molecule is Cc1cccc(NS(=O)(=O)c2cc(C(=O)N[C@H]3CCCNC3)ccc2C)c1.Cl. The number of halogens is 1. The van der Waals surface area contributed by atoms with Crippen LogP contribution in [0.1, 0.15) is 34.3 Å². The van der Waals surface area contributed by atoms with Crippen LogP contribution in [0.25, 0.3) is 0 Å². The molecule has 152 valence electrons. The highest BCUT2D eigenvalue weighted by Crippen LogP contribution is 2.21. The van der Waals surface area contributed by atoms with Gasteiger partial charge in [-0.05, 0) is 68.6 Å². The van der Waals surface area contributed by atoms with Crippen molar-refractivity contribution in [3.63, 3.8) is 0 Å². The zero-order chi connectivity index (χ0) is 19.4. The zero-order valence-corrected chi connectivity index (χ0v) is 17.6. The van der Waals surface area contributed by atoms with Crippen molar-refractivity contribution < 1.29 is 13.2 Å². The fourth-order valence-corrected chi connectivity index (χ4v) is 4.51. The fourth-order valence-electron chi connectivity index (χ4n) is 3.19. The van der Waals surface area contributed by atoms with Crippen molar-refractivity contribution >= 4 is 34.0 Å². The van der Waals surface area contributed by atoms with E-state index in [0.29, 0.717) is 16.8 Å². The van der Waals surface area contributed by atoms with Crippen molar-refractivity contribution in [2.75, 3.05) is 17.8 Å². The number of amides is 1. The standard InChI is InChI=1S/C20H25N3O3S.ClH/c1-14-5-3-6-17(11-14)23-27(25,26)19-12-16(9-8-15(19)2)20(24)22-18-7-4-10-21-13-18;/h3,5-6,8-9,11-12,18,21,23H,4,7,10,13H2,1-2H3,(H,22,24);1H/t18-;/m0./s1. The Morgan fingerprint density at radius 3 is 2.61 bits per heavy atom. The molecule has 0 aliphatic carbocycles. The van der Waals surface area contributed by atoms with Gasteiger partial charge in [0.1, 0.15) is 0 Å². The van der Waals surface area contributed by atoms with Crippen LogP contribution >= 0.6 is 12.4 Å². The second-order valence-corrected chi connectivity index (χ2v) is 8.62. The molecule has 2 aromatic carbocycles.